The Morgan fingerprint density at radius 2 is 1.90 bits per heavy atom. The van der Waals surface area contributed by atoms with Gasteiger partial charge in [0.2, 0.25) is 0 Å². The largest absolute Gasteiger partial charge is 0.372 e. The van der Waals surface area contributed by atoms with Gasteiger partial charge in [0.15, 0.2) is 5.60 Å². The number of carbonyl (C=O) groups excluding carboxylic acids is 1. The molecule has 2 heterocycles. The molecular weight excluding hydrogens is 288 g/mol. The van der Waals surface area contributed by atoms with Gasteiger partial charge in [-0.05, 0) is 24.3 Å². The van der Waals surface area contributed by atoms with E-state index in [1.54, 1.807) is 24.4 Å². The average Bonchev–Trinajstić information content (AvgIpc) is 3.01. The van der Waals surface area contributed by atoms with Crippen LogP contribution in [-0.4, -0.2) is 16.0 Å². The third kappa shape index (κ3) is 1.57. The van der Waals surface area contributed by atoms with Crippen LogP contribution in [0.3, 0.4) is 0 Å². The summed E-state index contributed by atoms with van der Waals surface area (Å²) in [5.74, 6) is -0.468. The van der Waals surface area contributed by atoms with Crippen molar-refractivity contribution in [2.45, 2.75) is 5.60 Å². The molecular formula is C16H11ClN2O2. The van der Waals surface area contributed by atoms with Gasteiger partial charge in [-0.15, -0.1) is 0 Å². The van der Waals surface area contributed by atoms with Gasteiger partial charge >= 0.3 is 0 Å². The van der Waals surface area contributed by atoms with Crippen molar-refractivity contribution in [3.8, 4) is 0 Å². The van der Waals surface area contributed by atoms with E-state index in [1.165, 1.54) is 0 Å². The van der Waals surface area contributed by atoms with Crippen molar-refractivity contribution >= 4 is 34.1 Å². The standard InChI is InChI=1S/C16H11ClN2O2/c17-9-5-6-14-11(7-9)16(21,15(20)19-14)12-8-18-13-4-2-1-3-10(12)13/h1-8,18,21H,(H,19,20)/t16-/m1/s1. The van der Waals surface area contributed by atoms with Crippen LogP contribution >= 0.6 is 11.6 Å². The number of anilines is 1. The van der Waals surface area contributed by atoms with Gasteiger partial charge in [-0.2, -0.15) is 0 Å². The highest BCUT2D eigenvalue weighted by Crippen LogP contribution is 2.44. The number of rotatable bonds is 1. The van der Waals surface area contributed by atoms with E-state index in [4.69, 9.17) is 11.6 Å². The Kier molecular flexibility index (Phi) is 2.43. The van der Waals surface area contributed by atoms with Crippen molar-refractivity contribution < 1.29 is 9.90 Å². The summed E-state index contributed by atoms with van der Waals surface area (Å²) in [6.45, 7) is 0. The van der Waals surface area contributed by atoms with E-state index in [9.17, 15) is 9.90 Å². The summed E-state index contributed by atoms with van der Waals surface area (Å²) in [6.07, 6.45) is 1.67. The monoisotopic (exact) mass is 298 g/mol. The second kappa shape index (κ2) is 4.10. The van der Waals surface area contributed by atoms with Crippen LogP contribution in [0.4, 0.5) is 5.69 Å². The van der Waals surface area contributed by atoms with Crippen LogP contribution in [0.1, 0.15) is 11.1 Å². The Morgan fingerprint density at radius 3 is 2.76 bits per heavy atom. The number of fused-ring (bicyclic) bond motifs is 2. The number of H-pyrrole nitrogens is 1. The van der Waals surface area contributed by atoms with Gasteiger partial charge in [0.25, 0.3) is 5.91 Å². The number of para-hydroxylation sites is 1. The number of hydrogen-bond donors (Lipinski definition) is 3. The fraction of sp³-hybridized carbons (Fsp3) is 0.0625. The van der Waals surface area contributed by atoms with E-state index in [0.717, 1.165) is 10.9 Å². The number of aromatic nitrogens is 1. The van der Waals surface area contributed by atoms with Crippen molar-refractivity contribution in [1.29, 1.82) is 0 Å². The Hall–Kier alpha value is -2.30. The molecule has 0 bridgehead atoms. The molecule has 4 rings (SSSR count). The molecule has 0 saturated carbocycles. The predicted octanol–water partition coefficient (Wildman–Crippen LogP) is 3.01. The molecule has 1 aliphatic rings. The highest BCUT2D eigenvalue weighted by molar-refractivity contribution is 6.31. The molecule has 0 fully saturated rings. The highest BCUT2D eigenvalue weighted by atomic mass is 35.5. The van der Waals surface area contributed by atoms with Gasteiger partial charge < -0.3 is 15.4 Å². The molecule has 0 unspecified atom stereocenters. The molecule has 1 amide bonds. The summed E-state index contributed by atoms with van der Waals surface area (Å²) in [4.78, 5) is 15.5. The lowest BCUT2D eigenvalue weighted by atomic mass is 9.87. The van der Waals surface area contributed by atoms with Crippen molar-refractivity contribution in [2.75, 3.05) is 5.32 Å². The van der Waals surface area contributed by atoms with E-state index in [-0.39, 0.29) is 0 Å². The number of halogens is 1. The van der Waals surface area contributed by atoms with Crippen LogP contribution in [0.2, 0.25) is 5.02 Å². The molecule has 1 aliphatic heterocycles. The van der Waals surface area contributed by atoms with Crippen LogP contribution in [-0.2, 0) is 10.4 Å². The second-order valence-electron chi connectivity index (χ2n) is 5.10. The third-order valence-corrected chi connectivity index (χ3v) is 4.16. The first-order valence-electron chi connectivity index (χ1n) is 6.51. The number of carbonyl (C=O) groups is 1. The fourth-order valence-electron chi connectivity index (χ4n) is 2.90. The molecule has 3 aromatic rings. The maximum atomic E-state index is 12.4. The van der Waals surface area contributed by atoms with E-state index in [2.05, 4.69) is 10.3 Å². The number of hydrogen-bond acceptors (Lipinski definition) is 2. The molecule has 1 atom stereocenters. The molecule has 0 aliphatic carbocycles. The zero-order valence-electron chi connectivity index (χ0n) is 10.9. The molecule has 21 heavy (non-hydrogen) atoms. The van der Waals surface area contributed by atoms with Gasteiger partial charge in [-0.1, -0.05) is 29.8 Å². The molecule has 4 nitrogen and oxygen atoms in total. The second-order valence-corrected chi connectivity index (χ2v) is 5.54. The van der Waals surface area contributed by atoms with Crippen molar-refractivity contribution in [3.05, 3.63) is 64.8 Å². The Balaban J connectivity index is 2.03. The SMILES string of the molecule is O=C1Nc2ccc(Cl)cc2[C@@]1(O)c1c[nH]c2ccccc12. The summed E-state index contributed by atoms with van der Waals surface area (Å²) < 4.78 is 0. The minimum atomic E-state index is -1.74. The van der Waals surface area contributed by atoms with Gasteiger partial charge in [0.1, 0.15) is 0 Å². The normalized spacial score (nSPS) is 20.6. The first-order valence-corrected chi connectivity index (χ1v) is 6.89. The van der Waals surface area contributed by atoms with Crippen LogP contribution in [0.25, 0.3) is 10.9 Å². The number of benzene rings is 2. The minimum absolute atomic E-state index is 0.468. The molecule has 0 radical (unpaired) electrons. The summed E-state index contributed by atoms with van der Waals surface area (Å²) in [6, 6.07) is 12.5. The van der Waals surface area contributed by atoms with Crippen molar-refractivity contribution in [3.63, 3.8) is 0 Å². The summed E-state index contributed by atoms with van der Waals surface area (Å²) in [5.41, 5.74) is 0.711. The maximum absolute atomic E-state index is 12.4. The summed E-state index contributed by atoms with van der Waals surface area (Å²) >= 11 is 6.02. The molecule has 0 spiro atoms. The summed E-state index contributed by atoms with van der Waals surface area (Å²) in [7, 11) is 0. The lowest BCUT2D eigenvalue weighted by Gasteiger charge is -2.20. The Bertz CT molecular complexity index is 887. The van der Waals surface area contributed by atoms with Gasteiger partial charge in [0.05, 0.1) is 0 Å². The van der Waals surface area contributed by atoms with Crippen LogP contribution in [0.5, 0.6) is 0 Å². The number of aromatic amines is 1. The minimum Gasteiger partial charge on any atom is -0.372 e. The number of aliphatic hydroxyl groups is 1. The predicted molar refractivity (Wildman–Crippen MR) is 81.4 cm³/mol. The van der Waals surface area contributed by atoms with E-state index in [1.807, 2.05) is 24.3 Å². The molecule has 104 valence electrons. The van der Waals surface area contributed by atoms with E-state index < -0.39 is 11.5 Å². The topological polar surface area (TPSA) is 65.1 Å². The number of amides is 1. The number of nitrogens with one attached hydrogen (secondary N) is 2. The average molecular weight is 299 g/mol. The van der Waals surface area contributed by atoms with Crippen LogP contribution < -0.4 is 5.32 Å². The molecule has 1 aromatic heterocycles. The van der Waals surface area contributed by atoms with Crippen molar-refractivity contribution in [1.82, 2.24) is 4.98 Å². The Morgan fingerprint density at radius 1 is 1.10 bits per heavy atom. The zero-order chi connectivity index (χ0) is 14.6. The summed E-state index contributed by atoms with van der Waals surface area (Å²) in [5, 5.41) is 15.1. The molecule has 0 saturated heterocycles. The lowest BCUT2D eigenvalue weighted by Crippen LogP contribution is -2.35. The van der Waals surface area contributed by atoms with Crippen LogP contribution in [0, 0.1) is 0 Å². The lowest BCUT2D eigenvalue weighted by molar-refractivity contribution is -0.129. The quantitative estimate of drug-likeness (QED) is 0.646. The first kappa shape index (κ1) is 12.4. The zero-order valence-corrected chi connectivity index (χ0v) is 11.6. The van der Waals surface area contributed by atoms with Gasteiger partial charge in [-0.25, -0.2) is 0 Å². The highest BCUT2D eigenvalue weighted by Gasteiger charge is 2.48. The maximum Gasteiger partial charge on any atom is 0.265 e. The van der Waals surface area contributed by atoms with Crippen LogP contribution in [0.15, 0.2) is 48.7 Å². The molecule has 3 N–H and O–H groups in total. The third-order valence-electron chi connectivity index (χ3n) is 3.93. The van der Waals surface area contributed by atoms with E-state index >= 15 is 0 Å². The molecule has 5 heteroatoms. The van der Waals surface area contributed by atoms with E-state index in [0.29, 0.717) is 21.8 Å². The molecule has 2 aromatic carbocycles. The first-order chi connectivity index (χ1) is 10.1. The van der Waals surface area contributed by atoms with Gasteiger partial charge in [0, 0.05) is 38.9 Å². The van der Waals surface area contributed by atoms with Gasteiger partial charge in [-0.3, -0.25) is 4.79 Å². The fourth-order valence-corrected chi connectivity index (χ4v) is 3.07. The smallest absolute Gasteiger partial charge is 0.265 e. The van der Waals surface area contributed by atoms with Crippen molar-refractivity contribution in [2.24, 2.45) is 0 Å². The Labute approximate surface area is 125 Å².